The first-order chi connectivity index (χ1) is 5.50. The maximum Gasteiger partial charge on any atom is 0.138 e. The Hall–Kier alpha value is -0.330. The number of rotatable bonds is 3. The molecule has 0 spiro atoms. The molecule has 0 radical (unpaired) electrons. The van der Waals surface area contributed by atoms with Crippen LogP contribution in [0.4, 0.5) is 0 Å². The van der Waals surface area contributed by atoms with E-state index < -0.39 is 0 Å². The maximum absolute atomic E-state index is 11.5. The number of hydrogen-bond acceptors (Lipinski definition) is 1. The molecule has 1 aliphatic carbocycles. The number of hydrogen-bond donors (Lipinski definition) is 0. The fraction of sp³-hybridized carbons (Fsp3) is 0.909. The molecule has 1 nitrogen and oxygen atoms in total. The molecule has 0 amide bonds. The van der Waals surface area contributed by atoms with E-state index in [0.29, 0.717) is 5.78 Å². The third-order valence-corrected chi connectivity index (χ3v) is 2.84. The molecule has 0 aliphatic heterocycles. The minimum Gasteiger partial charge on any atom is -0.299 e. The Morgan fingerprint density at radius 1 is 1.33 bits per heavy atom. The average molecular weight is 168 g/mol. The van der Waals surface area contributed by atoms with Gasteiger partial charge in [-0.3, -0.25) is 4.79 Å². The van der Waals surface area contributed by atoms with Gasteiger partial charge in [-0.15, -0.1) is 0 Å². The second kappa shape index (κ2) is 3.59. The zero-order valence-electron chi connectivity index (χ0n) is 8.52. The van der Waals surface area contributed by atoms with Crippen molar-refractivity contribution in [2.45, 2.75) is 52.9 Å². The zero-order chi connectivity index (χ0) is 9.19. The van der Waals surface area contributed by atoms with Crippen molar-refractivity contribution in [2.24, 2.45) is 11.3 Å². The highest BCUT2D eigenvalue weighted by Crippen LogP contribution is 2.31. The first-order valence-electron chi connectivity index (χ1n) is 5.03. The molecule has 0 aromatic rings. The third-order valence-electron chi connectivity index (χ3n) is 2.84. The van der Waals surface area contributed by atoms with Crippen LogP contribution in [0.2, 0.25) is 0 Å². The van der Waals surface area contributed by atoms with E-state index in [-0.39, 0.29) is 5.41 Å². The van der Waals surface area contributed by atoms with Crippen LogP contribution < -0.4 is 0 Å². The minimum absolute atomic E-state index is 0.121. The first-order valence-corrected chi connectivity index (χ1v) is 5.03. The van der Waals surface area contributed by atoms with Gasteiger partial charge in [-0.25, -0.2) is 0 Å². The third kappa shape index (κ3) is 2.62. The molecule has 12 heavy (non-hydrogen) atoms. The predicted octanol–water partition coefficient (Wildman–Crippen LogP) is 3.18. The van der Waals surface area contributed by atoms with E-state index in [0.717, 1.165) is 18.8 Å². The van der Waals surface area contributed by atoms with Gasteiger partial charge in [-0.05, 0) is 12.3 Å². The van der Waals surface area contributed by atoms with Crippen molar-refractivity contribution in [3.05, 3.63) is 0 Å². The molecule has 1 rings (SSSR count). The Balaban J connectivity index is 2.17. The van der Waals surface area contributed by atoms with Crippen LogP contribution in [0.25, 0.3) is 0 Å². The summed E-state index contributed by atoms with van der Waals surface area (Å²) in [5.74, 6) is 1.30. The summed E-state index contributed by atoms with van der Waals surface area (Å²) in [6, 6.07) is 0. The van der Waals surface area contributed by atoms with Crippen LogP contribution in [0.3, 0.4) is 0 Å². The van der Waals surface area contributed by atoms with Gasteiger partial charge in [0.25, 0.3) is 0 Å². The van der Waals surface area contributed by atoms with Crippen molar-refractivity contribution in [3.8, 4) is 0 Å². The van der Waals surface area contributed by atoms with Crippen LogP contribution in [0.5, 0.6) is 0 Å². The highest BCUT2D eigenvalue weighted by atomic mass is 16.1. The largest absolute Gasteiger partial charge is 0.299 e. The van der Waals surface area contributed by atoms with E-state index in [2.05, 4.69) is 0 Å². The van der Waals surface area contributed by atoms with Crippen LogP contribution in [0.15, 0.2) is 0 Å². The van der Waals surface area contributed by atoms with E-state index in [1.54, 1.807) is 0 Å². The van der Waals surface area contributed by atoms with Crippen LogP contribution in [0, 0.1) is 11.3 Å². The van der Waals surface area contributed by atoms with Crippen molar-refractivity contribution in [1.29, 1.82) is 0 Å². The molecule has 1 fully saturated rings. The Kier molecular flexibility index (Phi) is 2.92. The molecule has 1 saturated carbocycles. The normalized spacial score (nSPS) is 18.9. The summed E-state index contributed by atoms with van der Waals surface area (Å²) in [5.41, 5.74) is -0.121. The molecular formula is C11H20O. The summed E-state index contributed by atoms with van der Waals surface area (Å²) in [6.07, 6.45) is 6.04. The van der Waals surface area contributed by atoms with Gasteiger partial charge in [-0.2, -0.15) is 0 Å². The second-order valence-corrected chi connectivity index (χ2v) is 5.01. The molecular weight excluding hydrogens is 148 g/mol. The number of carbonyl (C=O) groups excluding carboxylic acids is 1. The molecule has 0 heterocycles. The fourth-order valence-electron chi connectivity index (χ4n) is 1.49. The van der Waals surface area contributed by atoms with E-state index in [1.807, 2.05) is 20.8 Å². The minimum atomic E-state index is -0.121. The topological polar surface area (TPSA) is 17.1 Å². The second-order valence-electron chi connectivity index (χ2n) is 5.01. The van der Waals surface area contributed by atoms with Gasteiger partial charge >= 0.3 is 0 Å². The lowest BCUT2D eigenvalue weighted by Gasteiger charge is -2.26. The molecule has 0 atom stereocenters. The van der Waals surface area contributed by atoms with Crippen LogP contribution in [-0.4, -0.2) is 5.78 Å². The van der Waals surface area contributed by atoms with Gasteiger partial charge in [0.2, 0.25) is 0 Å². The summed E-state index contributed by atoms with van der Waals surface area (Å²) in [5, 5.41) is 0. The Labute approximate surface area is 75.5 Å². The standard InChI is InChI=1S/C11H20O/c1-11(2,3)10(12)8-7-9-5-4-6-9/h9H,4-8H2,1-3H3. The maximum atomic E-state index is 11.5. The average Bonchev–Trinajstić information content (AvgIpc) is 1.81. The molecule has 1 aliphatic rings. The molecule has 0 aromatic carbocycles. The number of ketones is 1. The summed E-state index contributed by atoms with van der Waals surface area (Å²) >= 11 is 0. The van der Waals surface area contributed by atoms with Gasteiger partial charge in [0, 0.05) is 11.8 Å². The molecule has 0 bridgehead atoms. The molecule has 70 valence electrons. The molecule has 0 aromatic heterocycles. The van der Waals surface area contributed by atoms with Crippen molar-refractivity contribution in [3.63, 3.8) is 0 Å². The van der Waals surface area contributed by atoms with Crippen molar-refractivity contribution in [1.82, 2.24) is 0 Å². The summed E-state index contributed by atoms with van der Waals surface area (Å²) in [4.78, 5) is 11.5. The highest BCUT2D eigenvalue weighted by Gasteiger charge is 2.24. The zero-order valence-corrected chi connectivity index (χ0v) is 8.52. The van der Waals surface area contributed by atoms with Crippen molar-refractivity contribution < 1.29 is 4.79 Å². The Morgan fingerprint density at radius 3 is 2.25 bits per heavy atom. The SMILES string of the molecule is CC(C)(C)C(=O)CCC1CCC1. The van der Waals surface area contributed by atoms with Gasteiger partial charge in [0.1, 0.15) is 5.78 Å². The fourth-order valence-corrected chi connectivity index (χ4v) is 1.49. The lowest BCUT2D eigenvalue weighted by atomic mass is 9.79. The molecule has 0 saturated heterocycles. The number of carbonyl (C=O) groups is 1. The van der Waals surface area contributed by atoms with Gasteiger partial charge in [-0.1, -0.05) is 40.0 Å². The van der Waals surface area contributed by atoms with E-state index >= 15 is 0 Å². The van der Waals surface area contributed by atoms with Gasteiger partial charge < -0.3 is 0 Å². The summed E-state index contributed by atoms with van der Waals surface area (Å²) in [7, 11) is 0. The Morgan fingerprint density at radius 2 is 1.92 bits per heavy atom. The van der Waals surface area contributed by atoms with Gasteiger partial charge in [0.05, 0.1) is 0 Å². The predicted molar refractivity (Wildman–Crippen MR) is 51.0 cm³/mol. The number of Topliss-reactive ketones (excluding diaryl/α,β-unsaturated/α-hetero) is 1. The molecule has 1 heteroatoms. The lowest BCUT2D eigenvalue weighted by Crippen LogP contribution is -2.22. The van der Waals surface area contributed by atoms with E-state index in [9.17, 15) is 4.79 Å². The summed E-state index contributed by atoms with van der Waals surface area (Å²) in [6.45, 7) is 6.03. The Bertz CT molecular complexity index is 160. The summed E-state index contributed by atoms with van der Waals surface area (Å²) < 4.78 is 0. The smallest absolute Gasteiger partial charge is 0.138 e. The van der Waals surface area contributed by atoms with Crippen molar-refractivity contribution >= 4 is 5.78 Å². The van der Waals surface area contributed by atoms with Crippen LogP contribution >= 0.6 is 0 Å². The van der Waals surface area contributed by atoms with Gasteiger partial charge in [0.15, 0.2) is 0 Å². The highest BCUT2D eigenvalue weighted by molar-refractivity contribution is 5.83. The van der Waals surface area contributed by atoms with Crippen molar-refractivity contribution in [2.75, 3.05) is 0 Å². The molecule has 0 N–H and O–H groups in total. The quantitative estimate of drug-likeness (QED) is 0.632. The lowest BCUT2D eigenvalue weighted by molar-refractivity contribution is -0.126. The molecule has 0 unspecified atom stereocenters. The monoisotopic (exact) mass is 168 g/mol. The van der Waals surface area contributed by atoms with Crippen LogP contribution in [0.1, 0.15) is 52.9 Å². The van der Waals surface area contributed by atoms with E-state index in [4.69, 9.17) is 0 Å². The van der Waals surface area contributed by atoms with Crippen LogP contribution in [-0.2, 0) is 4.79 Å². The van der Waals surface area contributed by atoms with E-state index in [1.165, 1.54) is 19.3 Å². The first kappa shape index (κ1) is 9.76.